The van der Waals surface area contributed by atoms with E-state index in [1.807, 2.05) is 12.1 Å². The van der Waals surface area contributed by atoms with E-state index in [1.54, 1.807) is 18.2 Å². The average Bonchev–Trinajstić information content (AvgIpc) is 2.21. The van der Waals surface area contributed by atoms with Gasteiger partial charge in [0.05, 0.1) is 0 Å². The first kappa shape index (κ1) is 18.2. The fourth-order valence-electron chi connectivity index (χ4n) is 1.54. The summed E-state index contributed by atoms with van der Waals surface area (Å²) < 4.78 is 0. The van der Waals surface area contributed by atoms with Gasteiger partial charge in [-0.05, 0) is 30.0 Å². The van der Waals surface area contributed by atoms with Crippen molar-refractivity contribution in [3.63, 3.8) is 0 Å². The predicted molar refractivity (Wildman–Crippen MR) is 74.4 cm³/mol. The maximum Gasteiger partial charge on any atom is 2.00 e. The zero-order valence-corrected chi connectivity index (χ0v) is 15.5. The maximum absolute atomic E-state index is 11.2. The summed E-state index contributed by atoms with van der Waals surface area (Å²) in [6.45, 7) is 7.38. The minimum atomic E-state index is -3.79. The van der Waals surface area contributed by atoms with Gasteiger partial charge in [-0.25, -0.2) is 0 Å². The van der Waals surface area contributed by atoms with E-state index in [-0.39, 0.29) is 19.5 Å². The van der Waals surface area contributed by atoms with E-state index in [0.29, 0.717) is 17.7 Å². The molecule has 0 bridgehead atoms. The molecule has 0 radical (unpaired) electrons. The Bertz CT molecular complexity index is 471. The molecule has 6 heteroatoms. The molecule has 18 heavy (non-hydrogen) atoms. The van der Waals surface area contributed by atoms with E-state index in [4.69, 9.17) is 0 Å². The summed E-state index contributed by atoms with van der Waals surface area (Å²) in [4.78, 5) is 23.1. The Balaban J connectivity index is 0.00000289. The second kappa shape index (κ2) is 8.42. The molecule has 0 spiro atoms. The summed E-state index contributed by atoms with van der Waals surface area (Å²) in [5.74, 6) is 0. The van der Waals surface area contributed by atoms with Crippen molar-refractivity contribution in [3.8, 4) is 0 Å². The first-order valence-electron chi connectivity index (χ1n) is 5.02. The first-order valence-corrected chi connectivity index (χ1v) is 9.08. The number of hydrogen-bond donors (Lipinski definition) is 0. The SMILES string of the molecule is C=CCc1cccc(SP([O-])([O-])=S)c1CC=C.[Zn+2]. The Morgan fingerprint density at radius 1 is 1.22 bits per heavy atom. The van der Waals surface area contributed by atoms with Crippen molar-refractivity contribution in [3.05, 3.63) is 54.6 Å². The molecule has 0 saturated carbocycles. The van der Waals surface area contributed by atoms with E-state index in [2.05, 4.69) is 25.0 Å². The molecule has 92 valence electrons. The molecule has 1 rings (SSSR count). The number of hydrogen-bond acceptors (Lipinski definition) is 4. The molecule has 0 heterocycles. The van der Waals surface area contributed by atoms with Gasteiger partial charge in [-0.3, -0.25) is 0 Å². The van der Waals surface area contributed by atoms with Crippen LogP contribution in [0.4, 0.5) is 0 Å². The molecule has 1 aromatic carbocycles. The van der Waals surface area contributed by atoms with Gasteiger partial charge in [-0.15, -0.1) is 36.3 Å². The van der Waals surface area contributed by atoms with Crippen LogP contribution in [0.2, 0.25) is 0 Å². The molecular weight excluding hydrogens is 337 g/mol. The Labute approximate surface area is 130 Å². The second-order valence-corrected chi connectivity index (χ2v) is 9.06. The molecular formula is C12H13O2PS2Zn. The summed E-state index contributed by atoms with van der Waals surface area (Å²) in [6.07, 6.45) is 4.88. The molecule has 0 aromatic heterocycles. The third kappa shape index (κ3) is 5.92. The van der Waals surface area contributed by atoms with Crippen LogP contribution in [0.25, 0.3) is 0 Å². The van der Waals surface area contributed by atoms with Crippen LogP contribution in [-0.4, -0.2) is 0 Å². The quantitative estimate of drug-likeness (QED) is 0.449. The van der Waals surface area contributed by atoms with Gasteiger partial charge in [0.15, 0.2) is 0 Å². The maximum atomic E-state index is 11.2. The van der Waals surface area contributed by atoms with Crippen molar-refractivity contribution in [2.24, 2.45) is 0 Å². The van der Waals surface area contributed by atoms with Gasteiger partial charge in [0, 0.05) is 4.90 Å². The third-order valence-electron chi connectivity index (χ3n) is 2.15. The van der Waals surface area contributed by atoms with Gasteiger partial charge in [-0.2, -0.15) is 5.69 Å². The third-order valence-corrected chi connectivity index (χ3v) is 4.89. The van der Waals surface area contributed by atoms with Gasteiger partial charge in [-0.1, -0.05) is 24.3 Å². The zero-order valence-electron chi connectivity index (χ0n) is 10.0. The van der Waals surface area contributed by atoms with Crippen LogP contribution in [0, 0.1) is 0 Å². The van der Waals surface area contributed by atoms with Gasteiger partial charge in [0.25, 0.3) is 0 Å². The van der Waals surface area contributed by atoms with Crippen molar-refractivity contribution in [1.82, 2.24) is 0 Å². The van der Waals surface area contributed by atoms with Crippen LogP contribution in [0.15, 0.2) is 48.4 Å². The van der Waals surface area contributed by atoms with Gasteiger partial charge >= 0.3 is 19.5 Å². The molecule has 0 N–H and O–H groups in total. The molecule has 0 saturated heterocycles. The van der Waals surface area contributed by atoms with Crippen LogP contribution in [0.5, 0.6) is 0 Å². The fourth-order valence-corrected chi connectivity index (χ4v) is 4.20. The van der Waals surface area contributed by atoms with Crippen LogP contribution in [0.1, 0.15) is 11.1 Å². The average molecular weight is 350 g/mol. The zero-order chi connectivity index (χ0) is 12.9. The molecule has 2 nitrogen and oxygen atoms in total. The van der Waals surface area contributed by atoms with Gasteiger partial charge in [0.2, 0.25) is 0 Å². The molecule has 0 aliphatic carbocycles. The summed E-state index contributed by atoms with van der Waals surface area (Å²) in [7, 11) is 0. The molecule has 1 aromatic rings. The summed E-state index contributed by atoms with van der Waals surface area (Å²) >= 11 is 5.18. The van der Waals surface area contributed by atoms with E-state index in [0.717, 1.165) is 22.5 Å². The van der Waals surface area contributed by atoms with Crippen LogP contribution in [-0.2, 0) is 44.1 Å². The minimum absolute atomic E-state index is 0. The molecule has 0 aliphatic rings. The van der Waals surface area contributed by atoms with Crippen LogP contribution < -0.4 is 9.79 Å². The van der Waals surface area contributed by atoms with Crippen LogP contribution in [0.3, 0.4) is 0 Å². The fraction of sp³-hybridized carbons (Fsp3) is 0.167. The van der Waals surface area contributed by atoms with Crippen molar-refractivity contribution in [1.29, 1.82) is 0 Å². The molecule has 0 fully saturated rings. The molecule has 0 aliphatic heterocycles. The summed E-state index contributed by atoms with van der Waals surface area (Å²) in [5.41, 5.74) is -1.76. The van der Waals surface area contributed by atoms with E-state index >= 15 is 0 Å². The van der Waals surface area contributed by atoms with E-state index in [9.17, 15) is 9.79 Å². The Hall–Kier alpha value is 0.243. The summed E-state index contributed by atoms with van der Waals surface area (Å²) in [5, 5.41) is 0. The Kier molecular flexibility index (Phi) is 8.54. The first-order chi connectivity index (χ1) is 7.98. The van der Waals surface area contributed by atoms with Gasteiger partial charge in [0.1, 0.15) is 0 Å². The molecule has 0 amide bonds. The van der Waals surface area contributed by atoms with Crippen molar-refractivity contribution in [2.75, 3.05) is 0 Å². The smallest absolute Gasteiger partial charge is 0.824 e. The topological polar surface area (TPSA) is 46.1 Å². The van der Waals surface area contributed by atoms with Crippen molar-refractivity contribution >= 4 is 28.9 Å². The second-order valence-electron chi connectivity index (χ2n) is 3.42. The standard InChI is InChI=1S/C12H15O2PS2.Zn/c1-3-6-10-8-5-9-12(11(10)7-4-2)17-15(13,14)16;/h3-5,8-9H,1-2,6-7H2,(H2,13,14,16);/q;+2/p-2. The number of benzene rings is 1. The van der Waals surface area contributed by atoms with Gasteiger partial charge < -0.3 is 9.79 Å². The monoisotopic (exact) mass is 348 g/mol. The Morgan fingerprint density at radius 3 is 2.33 bits per heavy atom. The number of allylic oxidation sites excluding steroid dienone is 2. The largest absolute Gasteiger partial charge is 2.00 e. The van der Waals surface area contributed by atoms with E-state index in [1.165, 1.54) is 0 Å². The van der Waals surface area contributed by atoms with E-state index < -0.39 is 5.69 Å². The minimum Gasteiger partial charge on any atom is -0.824 e. The normalized spacial score (nSPS) is 10.6. The molecule has 0 unspecified atom stereocenters. The molecule has 0 atom stereocenters. The summed E-state index contributed by atoms with van der Waals surface area (Å²) in [6, 6.07) is 5.56. The number of rotatable bonds is 6. The van der Waals surface area contributed by atoms with Crippen LogP contribution >= 0.6 is 17.1 Å². The Morgan fingerprint density at radius 2 is 1.83 bits per heavy atom. The van der Waals surface area contributed by atoms with Crippen molar-refractivity contribution in [2.45, 2.75) is 17.7 Å². The van der Waals surface area contributed by atoms with Crippen molar-refractivity contribution < 1.29 is 29.3 Å². The predicted octanol–water partition coefficient (Wildman–Crippen LogP) is 2.18.